The summed E-state index contributed by atoms with van der Waals surface area (Å²) in [5.74, 6) is 0.623. The average molecular weight is 326 g/mol. The number of rotatable bonds is 1. The molecule has 104 valence electrons. The lowest BCUT2D eigenvalue weighted by Gasteiger charge is -2.10. The maximum absolute atomic E-state index is 6.19. The van der Waals surface area contributed by atoms with Crippen LogP contribution < -0.4 is 0 Å². The Hall–Kier alpha value is -0.970. The number of nitrogens with one attached hydrogen (secondary N) is 1. The van der Waals surface area contributed by atoms with E-state index in [0.29, 0.717) is 26.2 Å². The summed E-state index contributed by atoms with van der Waals surface area (Å²) in [6.07, 6.45) is 7.13. The number of hydrogen-bond acceptors (Lipinski definition) is 3. The van der Waals surface area contributed by atoms with Gasteiger partial charge in [-0.25, -0.2) is 9.97 Å². The first-order valence-corrected chi connectivity index (χ1v) is 7.75. The van der Waals surface area contributed by atoms with Gasteiger partial charge in [-0.05, 0) is 31.7 Å². The molecule has 1 N–H and O–H groups in total. The van der Waals surface area contributed by atoms with Crippen LogP contribution in [0, 0.1) is 4.64 Å². The van der Waals surface area contributed by atoms with E-state index in [1.54, 1.807) is 12.3 Å². The zero-order valence-electron chi connectivity index (χ0n) is 10.7. The van der Waals surface area contributed by atoms with Crippen LogP contribution in [0.25, 0.3) is 11.5 Å². The van der Waals surface area contributed by atoms with Gasteiger partial charge in [-0.1, -0.05) is 41.8 Å². The number of pyridine rings is 1. The third-order valence-electron chi connectivity index (χ3n) is 3.49. The Morgan fingerprint density at radius 3 is 2.75 bits per heavy atom. The van der Waals surface area contributed by atoms with Crippen LogP contribution in [0.4, 0.5) is 0 Å². The third kappa shape index (κ3) is 2.73. The molecular weight excluding hydrogens is 313 g/mol. The maximum atomic E-state index is 6.19. The predicted octanol–water partition coefficient (Wildman–Crippen LogP) is 4.78. The van der Waals surface area contributed by atoms with Gasteiger partial charge >= 0.3 is 0 Å². The van der Waals surface area contributed by atoms with Gasteiger partial charge in [-0.15, -0.1) is 0 Å². The van der Waals surface area contributed by atoms with Crippen molar-refractivity contribution in [3.05, 3.63) is 38.2 Å². The molecule has 0 fully saturated rings. The number of H-pyrrole nitrogens is 1. The van der Waals surface area contributed by atoms with E-state index < -0.39 is 0 Å². The second-order valence-electron chi connectivity index (χ2n) is 4.89. The number of nitrogens with zero attached hydrogens (tertiary/aromatic N) is 2. The Labute approximate surface area is 132 Å². The lowest BCUT2D eigenvalue weighted by molar-refractivity contribution is 0.708. The van der Waals surface area contributed by atoms with E-state index in [4.69, 9.17) is 35.4 Å². The molecule has 1 aliphatic carbocycles. The highest BCUT2D eigenvalue weighted by molar-refractivity contribution is 7.71. The van der Waals surface area contributed by atoms with Gasteiger partial charge in [0, 0.05) is 17.5 Å². The number of aromatic amines is 1. The first-order valence-electron chi connectivity index (χ1n) is 6.58. The van der Waals surface area contributed by atoms with Crippen molar-refractivity contribution in [1.82, 2.24) is 15.0 Å². The normalized spacial score (nSPS) is 14.7. The molecule has 1 aliphatic rings. The Bertz CT molecular complexity index is 712. The Kier molecular flexibility index (Phi) is 4.06. The van der Waals surface area contributed by atoms with Crippen LogP contribution >= 0.6 is 35.4 Å². The summed E-state index contributed by atoms with van der Waals surface area (Å²) < 4.78 is 0.656. The van der Waals surface area contributed by atoms with Crippen LogP contribution in [0.3, 0.4) is 0 Å². The van der Waals surface area contributed by atoms with Gasteiger partial charge in [0.05, 0.1) is 10.0 Å². The second-order valence-corrected chi connectivity index (χ2v) is 6.12. The molecular formula is C14H13Cl2N3S. The number of hydrogen-bond donors (Lipinski definition) is 1. The van der Waals surface area contributed by atoms with Gasteiger partial charge < -0.3 is 4.98 Å². The summed E-state index contributed by atoms with van der Waals surface area (Å²) >= 11 is 17.5. The van der Waals surface area contributed by atoms with Gasteiger partial charge in [-0.3, -0.25) is 0 Å². The molecule has 0 atom stereocenters. The molecule has 0 saturated heterocycles. The van der Waals surface area contributed by atoms with E-state index >= 15 is 0 Å². The minimum absolute atomic E-state index is 0.476. The first kappa shape index (κ1) is 14.0. The van der Waals surface area contributed by atoms with E-state index in [1.165, 1.54) is 30.5 Å². The van der Waals surface area contributed by atoms with Gasteiger partial charge in [0.2, 0.25) is 0 Å². The Balaban J connectivity index is 2.13. The fraction of sp³-hybridized carbons (Fsp3) is 0.357. The molecule has 0 aliphatic heterocycles. The molecule has 6 heteroatoms. The van der Waals surface area contributed by atoms with Crippen molar-refractivity contribution < 1.29 is 0 Å². The highest BCUT2D eigenvalue weighted by Crippen LogP contribution is 2.27. The molecule has 2 aromatic heterocycles. The summed E-state index contributed by atoms with van der Waals surface area (Å²) in [7, 11) is 0. The van der Waals surface area contributed by atoms with Crippen molar-refractivity contribution in [3.63, 3.8) is 0 Å². The van der Waals surface area contributed by atoms with Crippen LogP contribution in [0.1, 0.15) is 30.5 Å². The molecule has 3 nitrogen and oxygen atoms in total. The maximum Gasteiger partial charge on any atom is 0.159 e. The minimum Gasteiger partial charge on any atom is -0.342 e. The van der Waals surface area contributed by atoms with Crippen molar-refractivity contribution in [1.29, 1.82) is 0 Å². The van der Waals surface area contributed by atoms with Crippen molar-refractivity contribution in [2.24, 2.45) is 0 Å². The van der Waals surface area contributed by atoms with E-state index in [-0.39, 0.29) is 0 Å². The molecule has 0 saturated carbocycles. The highest BCUT2D eigenvalue weighted by atomic mass is 35.5. The monoisotopic (exact) mass is 325 g/mol. The van der Waals surface area contributed by atoms with E-state index in [2.05, 4.69) is 15.0 Å². The Morgan fingerprint density at radius 2 is 1.95 bits per heavy atom. The molecule has 0 bridgehead atoms. The second kappa shape index (κ2) is 5.80. The molecule has 3 rings (SSSR count). The highest BCUT2D eigenvalue weighted by Gasteiger charge is 2.15. The van der Waals surface area contributed by atoms with E-state index in [1.807, 2.05) is 0 Å². The van der Waals surface area contributed by atoms with Crippen LogP contribution in [-0.2, 0) is 12.8 Å². The molecule has 0 aromatic carbocycles. The van der Waals surface area contributed by atoms with Gasteiger partial charge in [0.1, 0.15) is 10.3 Å². The van der Waals surface area contributed by atoms with Gasteiger partial charge in [-0.2, -0.15) is 0 Å². The predicted molar refractivity (Wildman–Crippen MR) is 83.9 cm³/mol. The van der Waals surface area contributed by atoms with E-state index in [0.717, 1.165) is 12.8 Å². The quantitative estimate of drug-likeness (QED) is 0.606. The molecule has 0 radical (unpaired) electrons. The zero-order chi connectivity index (χ0) is 14.1. The fourth-order valence-corrected chi connectivity index (χ4v) is 3.28. The topological polar surface area (TPSA) is 41.6 Å². The summed E-state index contributed by atoms with van der Waals surface area (Å²) in [6.45, 7) is 0. The van der Waals surface area contributed by atoms with Crippen molar-refractivity contribution in [2.75, 3.05) is 0 Å². The average Bonchev–Trinajstić information content (AvgIpc) is 2.64. The van der Waals surface area contributed by atoms with Crippen molar-refractivity contribution in [3.8, 4) is 11.5 Å². The number of aryl methyl sites for hydroxylation is 1. The summed E-state index contributed by atoms with van der Waals surface area (Å²) in [6, 6.07) is 1.66. The van der Waals surface area contributed by atoms with Gasteiger partial charge in [0.25, 0.3) is 0 Å². The fourth-order valence-electron chi connectivity index (χ4n) is 2.50. The lowest BCUT2D eigenvalue weighted by Crippen LogP contribution is -2.03. The van der Waals surface area contributed by atoms with Gasteiger partial charge in [0.15, 0.2) is 5.82 Å². The molecule has 2 aromatic rings. The number of halogens is 2. The number of aromatic nitrogens is 3. The van der Waals surface area contributed by atoms with Crippen molar-refractivity contribution in [2.45, 2.75) is 32.1 Å². The summed E-state index contributed by atoms with van der Waals surface area (Å²) in [5.41, 5.74) is 2.94. The van der Waals surface area contributed by atoms with Crippen LogP contribution in [0.2, 0.25) is 10.0 Å². The minimum atomic E-state index is 0.476. The molecule has 0 unspecified atom stereocenters. The summed E-state index contributed by atoms with van der Waals surface area (Å²) in [4.78, 5) is 12.1. The molecule has 0 amide bonds. The SMILES string of the molecule is S=c1nc(-c2ncc(Cl)cc2Cl)[nH]c2c1CCCCC2. The standard InChI is InChI=1S/C14H13Cl2N3S/c15-8-6-10(16)12(17-7-8)13-18-11-5-3-1-2-4-9(11)14(20)19-13/h6-7H,1-5H2,(H,18,19,20). The smallest absolute Gasteiger partial charge is 0.159 e. The number of fused-ring (bicyclic) bond motifs is 1. The molecule has 0 spiro atoms. The summed E-state index contributed by atoms with van der Waals surface area (Å²) in [5, 5.41) is 0.983. The lowest BCUT2D eigenvalue weighted by atomic mass is 10.1. The zero-order valence-corrected chi connectivity index (χ0v) is 13.1. The van der Waals surface area contributed by atoms with Crippen LogP contribution in [0.15, 0.2) is 12.3 Å². The van der Waals surface area contributed by atoms with Crippen LogP contribution in [-0.4, -0.2) is 15.0 Å². The van der Waals surface area contributed by atoms with Crippen molar-refractivity contribution >= 4 is 35.4 Å². The largest absolute Gasteiger partial charge is 0.342 e. The molecule has 2 heterocycles. The third-order valence-corrected chi connectivity index (χ3v) is 4.32. The van der Waals surface area contributed by atoms with E-state index in [9.17, 15) is 0 Å². The Morgan fingerprint density at radius 1 is 1.15 bits per heavy atom. The first-order chi connectivity index (χ1) is 9.65. The molecule has 20 heavy (non-hydrogen) atoms. The van der Waals surface area contributed by atoms with Crippen LogP contribution in [0.5, 0.6) is 0 Å².